The third kappa shape index (κ3) is 3.14. The van der Waals surface area contributed by atoms with Gasteiger partial charge in [0.1, 0.15) is 0 Å². The van der Waals surface area contributed by atoms with E-state index in [-0.39, 0.29) is 22.2 Å². The Labute approximate surface area is 96.7 Å². The predicted molar refractivity (Wildman–Crippen MR) is 60.9 cm³/mol. The van der Waals surface area contributed by atoms with Crippen LogP contribution in [-0.2, 0) is 4.79 Å². The molecule has 0 bridgehead atoms. The Balaban J connectivity index is 2.93. The molecule has 0 fully saturated rings. The van der Waals surface area contributed by atoms with Crippen molar-refractivity contribution in [3.8, 4) is 0 Å². The maximum absolute atomic E-state index is 11.0. The third-order valence-electron chi connectivity index (χ3n) is 1.63. The molecular formula is C9H8ClNO3S. The molecule has 0 unspecified atom stereocenters. The van der Waals surface area contributed by atoms with Crippen molar-refractivity contribution in [2.75, 3.05) is 11.1 Å². The average molecular weight is 246 g/mol. The maximum Gasteiger partial charge on any atom is 0.335 e. The number of halogens is 1. The minimum absolute atomic E-state index is 0.0387. The van der Waals surface area contributed by atoms with E-state index in [0.29, 0.717) is 5.69 Å². The van der Waals surface area contributed by atoms with E-state index in [0.717, 1.165) is 0 Å². The summed E-state index contributed by atoms with van der Waals surface area (Å²) in [7, 11) is 0. The monoisotopic (exact) mass is 245 g/mol. The lowest BCUT2D eigenvalue weighted by molar-refractivity contribution is -0.113. The second-order valence-electron chi connectivity index (χ2n) is 2.71. The van der Waals surface area contributed by atoms with E-state index in [2.05, 4.69) is 17.9 Å². The van der Waals surface area contributed by atoms with Crippen LogP contribution < -0.4 is 5.32 Å². The number of aromatic carboxylic acids is 1. The van der Waals surface area contributed by atoms with Crippen molar-refractivity contribution in [3.63, 3.8) is 0 Å². The quantitative estimate of drug-likeness (QED) is 0.713. The summed E-state index contributed by atoms with van der Waals surface area (Å²) in [6, 6.07) is 4.08. The highest BCUT2D eigenvalue weighted by Gasteiger charge is 2.08. The van der Waals surface area contributed by atoms with Gasteiger partial charge >= 0.3 is 5.97 Å². The molecule has 15 heavy (non-hydrogen) atoms. The van der Waals surface area contributed by atoms with Crippen molar-refractivity contribution in [2.45, 2.75) is 0 Å². The van der Waals surface area contributed by atoms with Crippen LogP contribution in [0, 0.1) is 0 Å². The second kappa shape index (κ2) is 5.04. The van der Waals surface area contributed by atoms with Gasteiger partial charge in [0.25, 0.3) is 0 Å². The fourth-order valence-corrected chi connectivity index (χ4v) is 1.25. The smallest absolute Gasteiger partial charge is 0.335 e. The topological polar surface area (TPSA) is 66.4 Å². The van der Waals surface area contributed by atoms with Crippen molar-refractivity contribution in [1.29, 1.82) is 0 Å². The molecule has 0 aliphatic rings. The highest BCUT2D eigenvalue weighted by atomic mass is 35.5. The van der Waals surface area contributed by atoms with Crippen molar-refractivity contribution < 1.29 is 14.7 Å². The van der Waals surface area contributed by atoms with Crippen LogP contribution in [0.2, 0.25) is 5.02 Å². The first-order valence-electron chi connectivity index (χ1n) is 3.98. The molecule has 0 atom stereocenters. The third-order valence-corrected chi connectivity index (χ3v) is 2.23. The summed E-state index contributed by atoms with van der Waals surface area (Å²) in [4.78, 5) is 21.6. The molecule has 0 aliphatic carbocycles. The summed E-state index contributed by atoms with van der Waals surface area (Å²) >= 11 is 9.56. The zero-order chi connectivity index (χ0) is 11.4. The molecule has 1 aromatic carbocycles. The molecular weight excluding hydrogens is 238 g/mol. The van der Waals surface area contributed by atoms with Crippen LogP contribution in [0.25, 0.3) is 0 Å². The van der Waals surface area contributed by atoms with Crippen molar-refractivity contribution in [2.24, 2.45) is 0 Å². The highest BCUT2D eigenvalue weighted by molar-refractivity contribution is 7.81. The fourth-order valence-electron chi connectivity index (χ4n) is 0.939. The molecule has 1 amide bonds. The number of hydrogen-bond acceptors (Lipinski definition) is 3. The first kappa shape index (κ1) is 11.9. The van der Waals surface area contributed by atoms with Gasteiger partial charge < -0.3 is 10.4 Å². The van der Waals surface area contributed by atoms with E-state index >= 15 is 0 Å². The van der Waals surface area contributed by atoms with Gasteiger partial charge in [0, 0.05) is 0 Å². The van der Waals surface area contributed by atoms with Crippen LogP contribution in [0.3, 0.4) is 0 Å². The highest BCUT2D eigenvalue weighted by Crippen LogP contribution is 2.22. The van der Waals surface area contributed by atoms with Crippen LogP contribution in [0.15, 0.2) is 18.2 Å². The molecule has 1 rings (SSSR count). The summed E-state index contributed by atoms with van der Waals surface area (Å²) in [5.41, 5.74) is 0.449. The Morgan fingerprint density at radius 1 is 1.47 bits per heavy atom. The Hall–Kier alpha value is -1.20. The molecule has 4 nitrogen and oxygen atoms in total. The van der Waals surface area contributed by atoms with Crippen LogP contribution in [-0.4, -0.2) is 22.7 Å². The number of carboxylic acid groups (broad SMARTS) is 1. The Morgan fingerprint density at radius 3 is 2.60 bits per heavy atom. The second-order valence-corrected chi connectivity index (χ2v) is 3.43. The van der Waals surface area contributed by atoms with Gasteiger partial charge in [-0.25, -0.2) is 4.79 Å². The number of carbonyl (C=O) groups is 2. The fraction of sp³-hybridized carbons (Fsp3) is 0.111. The van der Waals surface area contributed by atoms with Gasteiger partial charge in [-0.2, -0.15) is 12.6 Å². The van der Waals surface area contributed by atoms with Gasteiger partial charge in [0.05, 0.1) is 22.0 Å². The lowest BCUT2D eigenvalue weighted by Gasteiger charge is -2.06. The van der Waals surface area contributed by atoms with Gasteiger partial charge in [-0.05, 0) is 18.2 Å². The summed E-state index contributed by atoms with van der Waals surface area (Å²) < 4.78 is 0. The van der Waals surface area contributed by atoms with E-state index < -0.39 is 5.97 Å². The van der Waals surface area contributed by atoms with Gasteiger partial charge in [0.15, 0.2) is 0 Å². The average Bonchev–Trinajstić information content (AvgIpc) is 2.20. The number of benzene rings is 1. The summed E-state index contributed by atoms with van der Waals surface area (Å²) in [6.45, 7) is 0. The van der Waals surface area contributed by atoms with E-state index in [1.165, 1.54) is 18.2 Å². The number of rotatable bonds is 3. The molecule has 1 aromatic rings. The number of amides is 1. The predicted octanol–water partition coefficient (Wildman–Crippen LogP) is 1.91. The summed E-state index contributed by atoms with van der Waals surface area (Å²) in [5, 5.41) is 11.3. The molecule has 0 heterocycles. The number of hydrogen-bond donors (Lipinski definition) is 3. The number of nitrogens with one attached hydrogen (secondary N) is 1. The molecule has 0 saturated heterocycles. The van der Waals surface area contributed by atoms with Gasteiger partial charge in [0.2, 0.25) is 5.91 Å². The van der Waals surface area contributed by atoms with Crippen molar-refractivity contribution in [3.05, 3.63) is 28.8 Å². The Kier molecular flexibility index (Phi) is 3.99. The molecule has 2 N–H and O–H groups in total. The molecule has 6 heteroatoms. The van der Waals surface area contributed by atoms with E-state index in [4.69, 9.17) is 16.7 Å². The first-order valence-corrected chi connectivity index (χ1v) is 4.99. The molecule has 80 valence electrons. The first-order chi connectivity index (χ1) is 7.04. The standard InChI is InChI=1S/C9H8ClNO3S/c10-6-3-5(9(13)14)1-2-7(6)11-8(12)4-15/h1-3,15H,4H2,(H,11,12)(H,13,14). The Bertz CT molecular complexity index is 408. The summed E-state index contributed by atoms with van der Waals surface area (Å²) in [6.07, 6.45) is 0. The molecule has 0 radical (unpaired) electrons. The zero-order valence-electron chi connectivity index (χ0n) is 7.53. The molecule has 0 aromatic heterocycles. The molecule has 0 saturated carbocycles. The van der Waals surface area contributed by atoms with Crippen LogP contribution in [0.1, 0.15) is 10.4 Å². The van der Waals surface area contributed by atoms with Gasteiger partial charge in [-0.1, -0.05) is 11.6 Å². The minimum Gasteiger partial charge on any atom is -0.478 e. The SMILES string of the molecule is O=C(CS)Nc1ccc(C(=O)O)cc1Cl. The zero-order valence-corrected chi connectivity index (χ0v) is 9.18. The molecule has 0 spiro atoms. The normalized spacial score (nSPS) is 9.73. The van der Waals surface area contributed by atoms with Crippen LogP contribution >= 0.6 is 24.2 Å². The largest absolute Gasteiger partial charge is 0.478 e. The number of carbonyl (C=O) groups excluding carboxylic acids is 1. The lowest BCUT2D eigenvalue weighted by Crippen LogP contribution is -2.13. The van der Waals surface area contributed by atoms with Gasteiger partial charge in [-0.15, -0.1) is 0 Å². The van der Waals surface area contributed by atoms with E-state index in [9.17, 15) is 9.59 Å². The molecule has 0 aliphatic heterocycles. The Morgan fingerprint density at radius 2 is 2.13 bits per heavy atom. The number of thiol groups is 1. The number of carboxylic acids is 1. The minimum atomic E-state index is -1.07. The van der Waals surface area contributed by atoms with Gasteiger partial charge in [-0.3, -0.25) is 4.79 Å². The number of anilines is 1. The van der Waals surface area contributed by atoms with Crippen LogP contribution in [0.4, 0.5) is 5.69 Å². The lowest BCUT2D eigenvalue weighted by atomic mass is 10.2. The van der Waals surface area contributed by atoms with E-state index in [1.54, 1.807) is 0 Å². The summed E-state index contributed by atoms with van der Waals surface area (Å²) in [5.74, 6) is -1.33. The van der Waals surface area contributed by atoms with Crippen LogP contribution in [0.5, 0.6) is 0 Å². The maximum atomic E-state index is 11.0. The van der Waals surface area contributed by atoms with Crippen molar-refractivity contribution in [1.82, 2.24) is 0 Å². The van der Waals surface area contributed by atoms with E-state index in [1.807, 2.05) is 0 Å². The van der Waals surface area contributed by atoms with Crippen molar-refractivity contribution >= 4 is 41.8 Å².